The lowest BCUT2D eigenvalue weighted by Crippen LogP contribution is -2.43. The first-order valence-corrected chi connectivity index (χ1v) is 13.4. The van der Waals surface area contributed by atoms with Gasteiger partial charge in [-0.25, -0.2) is 4.98 Å². The molecule has 37 heavy (non-hydrogen) atoms. The minimum Gasteiger partial charge on any atom is -0.369 e. The number of hydrogen-bond donors (Lipinski definition) is 2. The maximum Gasteiger partial charge on any atom is 0.256 e. The fourth-order valence-electron chi connectivity index (χ4n) is 5.76. The molecule has 1 aliphatic carbocycles. The molecule has 0 amide bonds. The summed E-state index contributed by atoms with van der Waals surface area (Å²) < 4.78 is 1.97. The Balaban J connectivity index is 1.36. The van der Waals surface area contributed by atoms with Crippen molar-refractivity contribution in [1.82, 2.24) is 19.9 Å². The third kappa shape index (κ3) is 4.83. The second kappa shape index (κ2) is 10.3. The second-order valence-corrected chi connectivity index (χ2v) is 10.2. The Kier molecular flexibility index (Phi) is 6.62. The van der Waals surface area contributed by atoms with Crippen LogP contribution in [0.2, 0.25) is 0 Å². The summed E-state index contributed by atoms with van der Waals surface area (Å²) in [4.78, 5) is 25.9. The molecule has 7 heteroatoms. The van der Waals surface area contributed by atoms with Gasteiger partial charge < -0.3 is 15.5 Å². The number of anilines is 3. The summed E-state index contributed by atoms with van der Waals surface area (Å²) in [5.41, 5.74) is 5.95. The SMILES string of the molecule is Cc1c(Cc2ccccc2)c(=O)n(C2CCCC2)c2nc(Nc3ccc(N4CCNCC4)cc3)ncc12. The highest BCUT2D eigenvalue weighted by Gasteiger charge is 2.24. The minimum atomic E-state index is 0.0887. The molecule has 2 aliphatic rings. The van der Waals surface area contributed by atoms with Crippen molar-refractivity contribution in [2.24, 2.45) is 0 Å². The summed E-state index contributed by atoms with van der Waals surface area (Å²) in [6, 6.07) is 18.8. The van der Waals surface area contributed by atoms with Crippen molar-refractivity contribution in [3.63, 3.8) is 0 Å². The zero-order valence-corrected chi connectivity index (χ0v) is 21.4. The molecule has 1 saturated heterocycles. The predicted octanol–water partition coefficient (Wildman–Crippen LogP) is 4.96. The standard InChI is InChI=1S/C30H34N6O/c1-21-26(19-22-7-3-2-4-8-22)29(37)36(25-9-5-6-10-25)28-27(21)20-32-30(34-28)33-23-11-13-24(14-12-23)35-17-15-31-16-18-35/h2-4,7-8,11-14,20,25,31H,5-6,9-10,15-19H2,1H3,(H,32,33,34). The molecule has 6 rings (SSSR count). The van der Waals surface area contributed by atoms with Crippen LogP contribution in [0.4, 0.5) is 17.3 Å². The molecule has 7 nitrogen and oxygen atoms in total. The zero-order valence-electron chi connectivity index (χ0n) is 21.4. The van der Waals surface area contributed by atoms with E-state index in [1.165, 1.54) is 5.69 Å². The number of nitrogens with zero attached hydrogens (tertiary/aromatic N) is 4. The molecular formula is C30H34N6O. The van der Waals surface area contributed by atoms with Gasteiger partial charge in [0.25, 0.3) is 5.56 Å². The molecule has 1 aliphatic heterocycles. The van der Waals surface area contributed by atoms with Crippen LogP contribution in [0.25, 0.3) is 11.0 Å². The molecule has 0 radical (unpaired) electrons. The van der Waals surface area contributed by atoms with Gasteiger partial charge in [0.15, 0.2) is 0 Å². The maximum atomic E-state index is 13.9. The van der Waals surface area contributed by atoms with Crippen LogP contribution in [-0.4, -0.2) is 40.7 Å². The second-order valence-electron chi connectivity index (χ2n) is 10.2. The summed E-state index contributed by atoms with van der Waals surface area (Å²) in [5, 5.41) is 7.72. The minimum absolute atomic E-state index is 0.0887. The van der Waals surface area contributed by atoms with E-state index in [-0.39, 0.29) is 11.6 Å². The van der Waals surface area contributed by atoms with Crippen LogP contribution in [0.3, 0.4) is 0 Å². The van der Waals surface area contributed by atoms with Gasteiger partial charge in [-0.15, -0.1) is 0 Å². The summed E-state index contributed by atoms with van der Waals surface area (Å²) in [6.45, 7) is 6.10. The Morgan fingerprint density at radius 1 is 1.00 bits per heavy atom. The molecule has 2 fully saturated rings. The number of benzene rings is 2. The molecule has 2 aromatic heterocycles. The van der Waals surface area contributed by atoms with Crippen LogP contribution in [-0.2, 0) is 6.42 Å². The molecule has 1 saturated carbocycles. The maximum absolute atomic E-state index is 13.9. The summed E-state index contributed by atoms with van der Waals surface area (Å²) in [6.07, 6.45) is 6.83. The molecule has 0 spiro atoms. The molecule has 2 aromatic carbocycles. The van der Waals surface area contributed by atoms with E-state index in [4.69, 9.17) is 4.98 Å². The summed E-state index contributed by atoms with van der Waals surface area (Å²) in [5.74, 6) is 0.517. The van der Waals surface area contributed by atoms with Gasteiger partial charge in [0.05, 0.1) is 0 Å². The van der Waals surface area contributed by atoms with Gasteiger partial charge in [0, 0.05) is 67.2 Å². The quantitative estimate of drug-likeness (QED) is 0.395. The Morgan fingerprint density at radius 2 is 1.73 bits per heavy atom. The van der Waals surface area contributed by atoms with Crippen LogP contribution in [0, 0.1) is 6.92 Å². The van der Waals surface area contributed by atoms with Crippen LogP contribution >= 0.6 is 0 Å². The van der Waals surface area contributed by atoms with E-state index in [2.05, 4.69) is 56.9 Å². The smallest absolute Gasteiger partial charge is 0.256 e. The highest BCUT2D eigenvalue weighted by atomic mass is 16.1. The molecular weight excluding hydrogens is 460 g/mol. The number of pyridine rings is 1. The first kappa shape index (κ1) is 23.7. The van der Waals surface area contributed by atoms with Crippen LogP contribution < -0.4 is 21.1 Å². The van der Waals surface area contributed by atoms with Gasteiger partial charge in [-0.3, -0.25) is 9.36 Å². The molecule has 190 valence electrons. The first-order valence-electron chi connectivity index (χ1n) is 13.4. The highest BCUT2D eigenvalue weighted by molar-refractivity contribution is 5.81. The van der Waals surface area contributed by atoms with E-state index in [1.54, 1.807) is 0 Å². The zero-order chi connectivity index (χ0) is 25.2. The van der Waals surface area contributed by atoms with Crippen molar-refractivity contribution in [2.75, 3.05) is 36.4 Å². The number of rotatable bonds is 6. The fraction of sp³-hybridized carbons (Fsp3) is 0.367. The molecule has 3 heterocycles. The largest absolute Gasteiger partial charge is 0.369 e. The number of aromatic nitrogens is 3. The average molecular weight is 495 g/mol. The number of aryl methyl sites for hydroxylation is 1. The van der Waals surface area contributed by atoms with Gasteiger partial charge >= 0.3 is 0 Å². The van der Waals surface area contributed by atoms with E-state index in [0.29, 0.717) is 12.4 Å². The van der Waals surface area contributed by atoms with Crippen molar-refractivity contribution >= 4 is 28.4 Å². The predicted molar refractivity (Wildman–Crippen MR) is 150 cm³/mol. The fourth-order valence-corrected chi connectivity index (χ4v) is 5.76. The lowest BCUT2D eigenvalue weighted by molar-refractivity contribution is 0.513. The Bertz CT molecular complexity index is 1440. The third-order valence-electron chi connectivity index (χ3n) is 7.85. The highest BCUT2D eigenvalue weighted by Crippen LogP contribution is 2.32. The topological polar surface area (TPSA) is 75.1 Å². The van der Waals surface area contributed by atoms with Gasteiger partial charge in [0.2, 0.25) is 5.95 Å². The monoisotopic (exact) mass is 494 g/mol. The Hall–Kier alpha value is -3.71. The van der Waals surface area contributed by atoms with Crippen molar-refractivity contribution in [1.29, 1.82) is 0 Å². The lowest BCUT2D eigenvalue weighted by atomic mass is 9.99. The molecule has 0 bridgehead atoms. The van der Waals surface area contributed by atoms with Gasteiger partial charge in [0.1, 0.15) is 5.65 Å². The number of hydrogen-bond acceptors (Lipinski definition) is 6. The molecule has 4 aromatic rings. The lowest BCUT2D eigenvalue weighted by Gasteiger charge is -2.29. The Morgan fingerprint density at radius 3 is 2.46 bits per heavy atom. The third-order valence-corrected chi connectivity index (χ3v) is 7.85. The van der Waals surface area contributed by atoms with Crippen molar-refractivity contribution in [2.45, 2.75) is 45.1 Å². The molecule has 2 N–H and O–H groups in total. The van der Waals surface area contributed by atoms with Crippen molar-refractivity contribution in [3.05, 3.63) is 87.8 Å². The van der Waals surface area contributed by atoms with Crippen LogP contribution in [0.1, 0.15) is 48.4 Å². The molecule has 0 unspecified atom stereocenters. The summed E-state index contributed by atoms with van der Waals surface area (Å²) in [7, 11) is 0. The number of nitrogens with one attached hydrogen (secondary N) is 2. The van der Waals surface area contributed by atoms with E-state index in [9.17, 15) is 4.79 Å². The normalized spacial score (nSPS) is 16.4. The molecule has 0 atom stereocenters. The van der Waals surface area contributed by atoms with Crippen LogP contribution in [0.15, 0.2) is 65.6 Å². The average Bonchev–Trinajstić information content (AvgIpc) is 3.47. The number of piperazine rings is 1. The van der Waals surface area contributed by atoms with Gasteiger partial charge in [-0.2, -0.15) is 4.98 Å². The van der Waals surface area contributed by atoms with E-state index < -0.39 is 0 Å². The van der Waals surface area contributed by atoms with Gasteiger partial charge in [-0.1, -0.05) is 43.2 Å². The van der Waals surface area contributed by atoms with E-state index in [1.807, 2.05) is 35.9 Å². The summed E-state index contributed by atoms with van der Waals surface area (Å²) >= 11 is 0. The van der Waals surface area contributed by atoms with Crippen LogP contribution in [0.5, 0.6) is 0 Å². The van der Waals surface area contributed by atoms with Crippen molar-refractivity contribution < 1.29 is 0 Å². The Labute approximate surface area is 217 Å². The van der Waals surface area contributed by atoms with Crippen molar-refractivity contribution in [3.8, 4) is 0 Å². The number of fused-ring (bicyclic) bond motifs is 1. The van der Waals surface area contributed by atoms with E-state index in [0.717, 1.165) is 85.3 Å². The van der Waals surface area contributed by atoms with Gasteiger partial charge in [-0.05, 0) is 55.2 Å². The first-order chi connectivity index (χ1) is 18.2. The van der Waals surface area contributed by atoms with E-state index >= 15 is 0 Å².